The van der Waals surface area contributed by atoms with Crippen LogP contribution >= 0.6 is 0 Å². The molecule has 0 radical (unpaired) electrons. The molecule has 2 aromatic carbocycles. The number of halogens is 1. The third kappa shape index (κ3) is 5.93. The van der Waals surface area contributed by atoms with Crippen LogP contribution < -0.4 is 10.1 Å². The molecule has 3 rings (SSSR count). The molecule has 6 nitrogen and oxygen atoms in total. The number of allylic oxidation sites excluding steroid dienone is 1. The minimum absolute atomic E-state index is 0.0744. The molecule has 1 N–H and O–H groups in total. The number of carbonyl (C=O) groups excluding carboxylic acids is 1. The van der Waals surface area contributed by atoms with Gasteiger partial charge in [-0.1, -0.05) is 6.08 Å². The number of ketones is 1. The predicted molar refractivity (Wildman–Crippen MR) is 128 cm³/mol. The van der Waals surface area contributed by atoms with Gasteiger partial charge in [-0.25, -0.2) is 4.39 Å². The molecule has 170 valence electrons. The average molecular weight is 452 g/mol. The van der Waals surface area contributed by atoms with Crippen LogP contribution in [0.3, 0.4) is 0 Å². The monoisotopic (exact) mass is 451 g/mol. The zero-order valence-corrected chi connectivity index (χ0v) is 18.8. The molecule has 1 heterocycles. The predicted octanol–water partition coefficient (Wildman–Crippen LogP) is 4.93. The van der Waals surface area contributed by atoms with Crippen molar-refractivity contribution in [2.45, 2.75) is 20.3 Å². The number of aromatic nitrogens is 1. The summed E-state index contributed by atoms with van der Waals surface area (Å²) in [5.74, 6) is -0.960. The first-order valence-electron chi connectivity index (χ1n) is 12.7. The molecule has 0 aliphatic carbocycles. The molecule has 0 aliphatic rings. The lowest BCUT2D eigenvalue weighted by Crippen LogP contribution is -2.11. The third-order valence-corrected chi connectivity index (χ3v) is 4.63. The Bertz CT molecular complexity index is 1460. The zero-order valence-electron chi connectivity index (χ0n) is 23.8. The number of fused-ring (bicyclic) bond motifs is 1. The summed E-state index contributed by atoms with van der Waals surface area (Å²) in [4.78, 5) is 18.4. The molecule has 0 bridgehead atoms. The van der Waals surface area contributed by atoms with E-state index in [0.717, 1.165) is 0 Å². The molecule has 0 unspecified atom stereocenters. The first-order chi connectivity index (χ1) is 17.8. The highest BCUT2D eigenvalue weighted by molar-refractivity contribution is 5.98. The van der Waals surface area contributed by atoms with Crippen molar-refractivity contribution >= 4 is 28.1 Å². The van der Waals surface area contributed by atoms with Gasteiger partial charge < -0.3 is 15.0 Å². The fraction of sp³-hybridized carbons (Fsp3) is 0.269. The van der Waals surface area contributed by atoms with Crippen molar-refractivity contribution < 1.29 is 20.8 Å². The van der Waals surface area contributed by atoms with Crippen LogP contribution in [0.5, 0.6) is 5.75 Å². The Balaban J connectivity index is 2.17. The van der Waals surface area contributed by atoms with Gasteiger partial charge in [0.1, 0.15) is 17.6 Å². The second kappa shape index (κ2) is 10.7. The summed E-state index contributed by atoms with van der Waals surface area (Å²) < 4.78 is 60.2. The highest BCUT2D eigenvalue weighted by Crippen LogP contribution is 2.34. The van der Waals surface area contributed by atoms with Crippen LogP contribution in [0.15, 0.2) is 48.6 Å². The van der Waals surface area contributed by atoms with E-state index in [9.17, 15) is 14.4 Å². The lowest BCUT2D eigenvalue weighted by Gasteiger charge is -2.15. The SMILES string of the molecule is [2H]c1c([2H])c(Nc2c(C#N)cnc3cc(OCC)c(CC(=O)/C=C/C([2H])([2H])N(C)C)cc23)c([2H])c(C)c1F. The first-order valence-corrected chi connectivity index (χ1v) is 10.2. The number of likely N-dealkylation sites (N-methyl/N-ethyl adjacent to an activating group) is 1. The molecule has 0 amide bonds. The number of ether oxygens (including phenoxy) is 1. The number of carbonyl (C=O) groups is 1. The number of rotatable bonds is 9. The van der Waals surface area contributed by atoms with Gasteiger partial charge >= 0.3 is 0 Å². The van der Waals surface area contributed by atoms with Gasteiger partial charge in [-0.2, -0.15) is 5.26 Å². The van der Waals surface area contributed by atoms with Crippen LogP contribution in [0.4, 0.5) is 15.8 Å². The maximum absolute atomic E-state index is 14.2. The molecule has 1 aromatic heterocycles. The van der Waals surface area contributed by atoms with Crippen molar-refractivity contribution in [3.05, 3.63) is 71.1 Å². The maximum atomic E-state index is 14.2. The van der Waals surface area contributed by atoms with Crippen molar-refractivity contribution in [3.63, 3.8) is 0 Å². The quantitative estimate of drug-likeness (QED) is 0.465. The summed E-state index contributed by atoms with van der Waals surface area (Å²) in [6.45, 7) is 1.59. The molecule has 0 spiro atoms. The topological polar surface area (TPSA) is 78.2 Å². The zero-order chi connectivity index (χ0) is 28.4. The molecule has 0 aliphatic heterocycles. The van der Waals surface area contributed by atoms with Crippen LogP contribution in [0.2, 0.25) is 0 Å². The number of pyridine rings is 1. The van der Waals surface area contributed by atoms with Gasteiger partial charge in [-0.15, -0.1) is 0 Å². The Morgan fingerprint density at radius 2 is 2.21 bits per heavy atom. The molecule has 3 aromatic rings. The Morgan fingerprint density at radius 3 is 2.91 bits per heavy atom. The van der Waals surface area contributed by atoms with E-state index in [1.165, 1.54) is 30.2 Å². The summed E-state index contributed by atoms with van der Waals surface area (Å²) in [7, 11) is 3.10. The molecular weight excluding hydrogens is 419 g/mol. The Kier molecular flexibility index (Phi) is 5.76. The lowest BCUT2D eigenvalue weighted by atomic mass is 10.0. The molecule has 0 saturated heterocycles. The number of hydrogen-bond acceptors (Lipinski definition) is 6. The van der Waals surface area contributed by atoms with E-state index in [0.29, 0.717) is 28.8 Å². The summed E-state index contributed by atoms with van der Waals surface area (Å²) >= 11 is 0. The number of nitrogens with zero attached hydrogens (tertiary/aromatic N) is 3. The van der Waals surface area contributed by atoms with Crippen molar-refractivity contribution in [1.82, 2.24) is 9.88 Å². The maximum Gasteiger partial charge on any atom is 0.159 e. The minimum Gasteiger partial charge on any atom is -0.494 e. The molecule has 33 heavy (non-hydrogen) atoms. The van der Waals surface area contributed by atoms with Gasteiger partial charge in [0.25, 0.3) is 0 Å². The van der Waals surface area contributed by atoms with E-state index in [4.69, 9.17) is 11.6 Å². The van der Waals surface area contributed by atoms with Crippen molar-refractivity contribution in [1.29, 1.82) is 5.26 Å². The number of benzene rings is 2. The second-order valence-corrected chi connectivity index (χ2v) is 7.38. The fourth-order valence-corrected chi connectivity index (χ4v) is 3.11. The van der Waals surface area contributed by atoms with Gasteiger partial charge in [-0.3, -0.25) is 9.78 Å². The molecular formula is C26H27FN4O2. The molecule has 0 fully saturated rings. The average Bonchev–Trinajstić information content (AvgIpc) is 2.88. The number of nitrogens with one attached hydrogen (secondary N) is 1. The van der Waals surface area contributed by atoms with Crippen LogP contribution in [-0.2, 0) is 11.2 Å². The lowest BCUT2D eigenvalue weighted by molar-refractivity contribution is -0.114. The fourth-order valence-electron chi connectivity index (χ4n) is 3.11. The number of anilines is 2. The normalized spacial score (nSPS) is 13.8. The first kappa shape index (κ1) is 17.8. The molecule has 7 heteroatoms. The van der Waals surface area contributed by atoms with E-state index in [2.05, 4.69) is 10.3 Å². The van der Waals surface area contributed by atoms with Gasteiger partial charge in [0.05, 0.1) is 27.5 Å². The van der Waals surface area contributed by atoms with Gasteiger partial charge in [0.2, 0.25) is 0 Å². The van der Waals surface area contributed by atoms with E-state index < -0.39 is 24.4 Å². The molecule has 0 saturated carbocycles. The van der Waals surface area contributed by atoms with Gasteiger partial charge in [0, 0.05) is 44.6 Å². The van der Waals surface area contributed by atoms with E-state index in [-0.39, 0.29) is 40.7 Å². The highest BCUT2D eigenvalue weighted by atomic mass is 19.1. The second-order valence-electron chi connectivity index (χ2n) is 7.38. The van der Waals surface area contributed by atoms with Crippen molar-refractivity contribution in [3.8, 4) is 11.8 Å². The van der Waals surface area contributed by atoms with E-state index >= 15 is 0 Å². The Hall–Kier alpha value is -3.76. The van der Waals surface area contributed by atoms with Gasteiger partial charge in [-0.05, 0) is 63.8 Å². The standard InChI is InChI=1S/C26H27FN4O2/c1-5-33-25-14-24-22(13-18(25)12-21(32)7-6-10-31(3)4)26(19(15-28)16-29-24)30-20-8-9-23(27)17(2)11-20/h6-9,11,13-14,16H,5,10,12H2,1-4H3,(H,29,30)/b7-6+/i8D,9D,10D2,11D. The summed E-state index contributed by atoms with van der Waals surface area (Å²) in [5, 5.41) is 13.0. The largest absolute Gasteiger partial charge is 0.494 e. The summed E-state index contributed by atoms with van der Waals surface area (Å²) in [6, 6.07) is 3.69. The van der Waals surface area contributed by atoms with Gasteiger partial charge in [0.15, 0.2) is 5.78 Å². The van der Waals surface area contributed by atoms with Crippen LogP contribution in [0.25, 0.3) is 10.9 Å². The van der Waals surface area contributed by atoms with Crippen LogP contribution in [0, 0.1) is 24.1 Å². The summed E-state index contributed by atoms with van der Waals surface area (Å²) in [6.07, 6.45) is 3.50. The number of hydrogen-bond donors (Lipinski definition) is 1. The summed E-state index contributed by atoms with van der Waals surface area (Å²) in [5.41, 5.74) is 0.853. The van der Waals surface area contributed by atoms with Crippen molar-refractivity contribution in [2.75, 3.05) is 32.5 Å². The van der Waals surface area contributed by atoms with Crippen LogP contribution in [0.1, 0.15) is 30.5 Å². The molecule has 0 atom stereocenters. The third-order valence-electron chi connectivity index (χ3n) is 4.63. The Morgan fingerprint density at radius 1 is 1.42 bits per heavy atom. The number of nitriles is 1. The highest BCUT2D eigenvalue weighted by Gasteiger charge is 2.16. The van der Waals surface area contributed by atoms with Crippen molar-refractivity contribution in [2.24, 2.45) is 0 Å². The Labute approximate surface area is 200 Å². The minimum atomic E-state index is -1.82. The van der Waals surface area contributed by atoms with E-state index in [1.54, 1.807) is 33.2 Å². The van der Waals surface area contributed by atoms with E-state index in [1.807, 2.05) is 6.07 Å². The van der Waals surface area contributed by atoms with Crippen LogP contribution in [-0.4, -0.2) is 42.9 Å². The smallest absolute Gasteiger partial charge is 0.159 e.